The summed E-state index contributed by atoms with van der Waals surface area (Å²) in [6.07, 6.45) is 9.19. The van der Waals surface area contributed by atoms with Crippen molar-refractivity contribution in [2.75, 3.05) is 26.9 Å². The van der Waals surface area contributed by atoms with Crippen LogP contribution >= 0.6 is 0 Å². The fourth-order valence-corrected chi connectivity index (χ4v) is 2.72. The fourth-order valence-electron chi connectivity index (χ4n) is 2.72. The van der Waals surface area contributed by atoms with Crippen LogP contribution in [0.2, 0.25) is 0 Å². The Labute approximate surface area is 142 Å². The Balaban J connectivity index is 2.27. The summed E-state index contributed by atoms with van der Waals surface area (Å²) in [5, 5.41) is 3.69. The zero-order valence-electron chi connectivity index (χ0n) is 15.3. The number of hydrogen-bond acceptors (Lipinski definition) is 3. The van der Waals surface area contributed by atoms with Crippen LogP contribution in [0.15, 0.2) is 24.3 Å². The van der Waals surface area contributed by atoms with E-state index in [-0.39, 0.29) is 0 Å². The van der Waals surface area contributed by atoms with Crippen molar-refractivity contribution in [2.45, 2.75) is 64.8 Å². The lowest BCUT2D eigenvalue weighted by Crippen LogP contribution is -2.21. The van der Waals surface area contributed by atoms with Gasteiger partial charge in [0.25, 0.3) is 0 Å². The highest BCUT2D eigenvalue weighted by Crippen LogP contribution is 2.20. The van der Waals surface area contributed by atoms with Gasteiger partial charge in [0.15, 0.2) is 0 Å². The summed E-state index contributed by atoms with van der Waals surface area (Å²) in [6, 6.07) is 8.90. The van der Waals surface area contributed by atoms with Gasteiger partial charge < -0.3 is 14.8 Å². The van der Waals surface area contributed by atoms with Crippen LogP contribution in [-0.4, -0.2) is 26.9 Å². The van der Waals surface area contributed by atoms with E-state index in [2.05, 4.69) is 43.4 Å². The molecule has 0 saturated heterocycles. The third-order valence-corrected chi connectivity index (χ3v) is 4.17. The summed E-state index contributed by atoms with van der Waals surface area (Å²) in [7, 11) is 1.69. The normalized spacial score (nSPS) is 12.3. The van der Waals surface area contributed by atoms with Crippen LogP contribution in [0.1, 0.15) is 70.4 Å². The summed E-state index contributed by atoms with van der Waals surface area (Å²) in [4.78, 5) is 0. The molecule has 0 aliphatic heterocycles. The Morgan fingerprint density at radius 2 is 1.61 bits per heavy atom. The average Bonchev–Trinajstić information content (AvgIpc) is 2.59. The first-order valence-electron chi connectivity index (χ1n) is 9.26. The van der Waals surface area contributed by atoms with Crippen LogP contribution in [0.25, 0.3) is 0 Å². The molecule has 3 nitrogen and oxygen atoms in total. The number of benzene rings is 1. The second-order valence-electron chi connectivity index (χ2n) is 6.09. The molecule has 0 aliphatic rings. The molecule has 3 heteroatoms. The maximum Gasteiger partial charge on any atom is 0.119 e. The van der Waals surface area contributed by atoms with Crippen LogP contribution in [0.4, 0.5) is 0 Å². The monoisotopic (exact) mass is 321 g/mol. The maximum absolute atomic E-state index is 5.61. The molecule has 23 heavy (non-hydrogen) atoms. The van der Waals surface area contributed by atoms with E-state index in [1.54, 1.807) is 7.11 Å². The Morgan fingerprint density at radius 1 is 0.913 bits per heavy atom. The molecular formula is C20H35NO2. The van der Waals surface area contributed by atoms with Crippen LogP contribution in [0.5, 0.6) is 5.75 Å². The Hall–Kier alpha value is -1.06. The highest BCUT2D eigenvalue weighted by Gasteiger charge is 2.08. The molecule has 0 spiro atoms. The molecule has 0 saturated carbocycles. The molecule has 0 heterocycles. The van der Waals surface area contributed by atoms with Crippen LogP contribution in [0.3, 0.4) is 0 Å². The topological polar surface area (TPSA) is 30.5 Å². The van der Waals surface area contributed by atoms with E-state index >= 15 is 0 Å². The summed E-state index contributed by atoms with van der Waals surface area (Å²) in [6.45, 7) is 6.84. The van der Waals surface area contributed by atoms with E-state index in [0.29, 0.717) is 19.3 Å². The van der Waals surface area contributed by atoms with E-state index in [9.17, 15) is 0 Å². The molecule has 1 rings (SSSR count). The van der Waals surface area contributed by atoms with Crippen LogP contribution in [0, 0.1) is 0 Å². The molecule has 0 fully saturated rings. The predicted octanol–water partition coefficient (Wildman–Crippen LogP) is 5.11. The molecule has 1 aromatic carbocycles. The van der Waals surface area contributed by atoms with Gasteiger partial charge >= 0.3 is 0 Å². The van der Waals surface area contributed by atoms with Gasteiger partial charge in [0.1, 0.15) is 12.4 Å². The highest BCUT2D eigenvalue weighted by molar-refractivity contribution is 5.29. The van der Waals surface area contributed by atoms with Gasteiger partial charge in [-0.1, -0.05) is 58.1 Å². The quantitative estimate of drug-likeness (QED) is 0.483. The highest BCUT2D eigenvalue weighted by atomic mass is 16.5. The molecule has 0 aromatic heterocycles. The number of methoxy groups -OCH3 is 1. The minimum absolute atomic E-state index is 0.443. The van der Waals surface area contributed by atoms with Gasteiger partial charge in [-0.05, 0) is 37.1 Å². The van der Waals surface area contributed by atoms with Crippen molar-refractivity contribution in [3.05, 3.63) is 29.8 Å². The molecular weight excluding hydrogens is 286 g/mol. The summed E-state index contributed by atoms with van der Waals surface area (Å²) in [5.41, 5.74) is 1.34. The molecule has 0 aliphatic carbocycles. The SMILES string of the molecule is CCCCCCCCNC(CC)c1ccc(OCCOC)cc1. The smallest absolute Gasteiger partial charge is 0.119 e. The van der Waals surface area contributed by atoms with Gasteiger partial charge in [0.05, 0.1) is 6.61 Å². The second-order valence-corrected chi connectivity index (χ2v) is 6.09. The molecule has 1 aromatic rings. The van der Waals surface area contributed by atoms with Crippen molar-refractivity contribution in [3.63, 3.8) is 0 Å². The molecule has 132 valence electrons. The fraction of sp³-hybridized carbons (Fsp3) is 0.700. The third kappa shape index (κ3) is 8.97. The van der Waals surface area contributed by atoms with Crippen molar-refractivity contribution in [3.8, 4) is 5.75 Å². The van der Waals surface area contributed by atoms with Crippen molar-refractivity contribution in [2.24, 2.45) is 0 Å². The van der Waals surface area contributed by atoms with Crippen molar-refractivity contribution >= 4 is 0 Å². The molecule has 0 radical (unpaired) electrons. The van der Waals surface area contributed by atoms with E-state index < -0.39 is 0 Å². The van der Waals surface area contributed by atoms with Gasteiger partial charge in [-0.2, -0.15) is 0 Å². The minimum atomic E-state index is 0.443. The first-order valence-corrected chi connectivity index (χ1v) is 9.26. The molecule has 1 atom stereocenters. The lowest BCUT2D eigenvalue weighted by atomic mass is 10.0. The van der Waals surface area contributed by atoms with Gasteiger partial charge in [-0.3, -0.25) is 0 Å². The minimum Gasteiger partial charge on any atom is -0.491 e. The first-order chi connectivity index (χ1) is 11.3. The number of unbranched alkanes of at least 4 members (excludes halogenated alkanes) is 5. The molecule has 0 bridgehead atoms. The van der Waals surface area contributed by atoms with Crippen molar-refractivity contribution in [1.82, 2.24) is 5.32 Å². The predicted molar refractivity (Wildman–Crippen MR) is 98.2 cm³/mol. The summed E-state index contributed by atoms with van der Waals surface area (Å²) < 4.78 is 10.6. The number of nitrogens with one attached hydrogen (secondary N) is 1. The number of ether oxygens (including phenoxy) is 2. The largest absolute Gasteiger partial charge is 0.491 e. The first kappa shape index (κ1) is 20.0. The van der Waals surface area contributed by atoms with Gasteiger partial charge in [0, 0.05) is 13.2 Å². The summed E-state index contributed by atoms with van der Waals surface area (Å²) >= 11 is 0. The lowest BCUT2D eigenvalue weighted by molar-refractivity contribution is 0.146. The van der Waals surface area contributed by atoms with E-state index in [0.717, 1.165) is 18.7 Å². The second kappa shape index (κ2) is 13.4. The van der Waals surface area contributed by atoms with E-state index in [4.69, 9.17) is 9.47 Å². The lowest BCUT2D eigenvalue weighted by Gasteiger charge is -2.18. The zero-order valence-corrected chi connectivity index (χ0v) is 15.3. The standard InChI is InChI=1S/C20H35NO2/c1-4-6-7-8-9-10-15-21-20(5-2)18-11-13-19(14-12-18)23-17-16-22-3/h11-14,20-21H,4-10,15-17H2,1-3H3. The number of rotatable bonds is 14. The zero-order chi connectivity index (χ0) is 16.8. The average molecular weight is 322 g/mol. The van der Waals surface area contributed by atoms with Gasteiger partial charge in [-0.15, -0.1) is 0 Å². The van der Waals surface area contributed by atoms with Gasteiger partial charge in [0.2, 0.25) is 0 Å². The third-order valence-electron chi connectivity index (χ3n) is 4.17. The maximum atomic E-state index is 5.61. The van der Waals surface area contributed by atoms with E-state index in [1.165, 1.54) is 44.1 Å². The number of hydrogen-bond donors (Lipinski definition) is 1. The molecule has 1 unspecified atom stereocenters. The van der Waals surface area contributed by atoms with Crippen LogP contribution in [-0.2, 0) is 4.74 Å². The molecule has 0 amide bonds. The van der Waals surface area contributed by atoms with Crippen LogP contribution < -0.4 is 10.1 Å². The Morgan fingerprint density at radius 3 is 2.26 bits per heavy atom. The Kier molecular flexibility index (Phi) is 11.6. The van der Waals surface area contributed by atoms with Crippen molar-refractivity contribution < 1.29 is 9.47 Å². The van der Waals surface area contributed by atoms with E-state index in [1.807, 2.05) is 0 Å². The van der Waals surface area contributed by atoms with Gasteiger partial charge in [-0.25, -0.2) is 0 Å². The molecule has 1 N–H and O–H groups in total. The van der Waals surface area contributed by atoms with Crippen molar-refractivity contribution in [1.29, 1.82) is 0 Å². The summed E-state index contributed by atoms with van der Waals surface area (Å²) in [5.74, 6) is 0.913. The Bertz CT molecular complexity index is 378.